The number of aliphatic hydroxyl groups is 1. The summed E-state index contributed by atoms with van der Waals surface area (Å²) in [6, 6.07) is 12.4. The molecule has 0 bridgehead atoms. The number of piperidine rings is 1. The Labute approximate surface area is 211 Å². The third-order valence-electron chi connectivity index (χ3n) is 7.83. The standard InChI is InChI=1S/C26H31ClN2O5S/c1-17(16-34-21-4-6-22(7-5-21)35(2,32)33)28-11-9-26(10-12-28)23-13-18(27)3-8-24(23)29(25(26)31)19-14-20(30)15-19/h3-8,13,17,19-20,30H,9-12,14-16H2,1-2H3/t17?,19-,20-. The number of carbonyl (C=O) groups is 1. The summed E-state index contributed by atoms with van der Waals surface area (Å²) in [5, 5.41) is 10.5. The minimum atomic E-state index is -3.23. The molecule has 1 unspecified atom stereocenters. The van der Waals surface area contributed by atoms with Gasteiger partial charge in [0.15, 0.2) is 9.84 Å². The van der Waals surface area contributed by atoms with E-state index in [4.69, 9.17) is 16.3 Å². The molecule has 1 saturated heterocycles. The number of benzene rings is 2. The number of rotatable bonds is 6. The molecule has 1 N–H and O–H groups in total. The van der Waals surface area contributed by atoms with Crippen LogP contribution in [0.2, 0.25) is 5.02 Å². The molecular weight excluding hydrogens is 488 g/mol. The van der Waals surface area contributed by atoms with Crippen LogP contribution in [0.3, 0.4) is 0 Å². The predicted octanol–water partition coefficient (Wildman–Crippen LogP) is 3.41. The van der Waals surface area contributed by atoms with Gasteiger partial charge in [0.25, 0.3) is 0 Å². The van der Waals surface area contributed by atoms with Gasteiger partial charge in [0.05, 0.1) is 16.4 Å². The van der Waals surface area contributed by atoms with Gasteiger partial charge < -0.3 is 14.7 Å². The fraction of sp³-hybridized carbons (Fsp3) is 0.500. The maximum absolute atomic E-state index is 13.8. The minimum Gasteiger partial charge on any atom is -0.492 e. The highest BCUT2D eigenvalue weighted by molar-refractivity contribution is 7.90. The number of halogens is 1. The molecule has 35 heavy (non-hydrogen) atoms. The second-order valence-corrected chi connectivity index (χ2v) is 12.6. The first-order valence-corrected chi connectivity index (χ1v) is 14.3. The first-order chi connectivity index (χ1) is 16.6. The third-order valence-corrected chi connectivity index (χ3v) is 9.20. The summed E-state index contributed by atoms with van der Waals surface area (Å²) < 4.78 is 29.2. The van der Waals surface area contributed by atoms with E-state index >= 15 is 0 Å². The SMILES string of the molecule is CC(COc1ccc(S(C)(=O)=O)cc1)N1CCC2(CC1)C(=O)N([C@H]1C[C@H](O)C1)c1ccc(Cl)cc12. The number of sulfone groups is 1. The van der Waals surface area contributed by atoms with E-state index in [1.54, 1.807) is 24.3 Å². The van der Waals surface area contributed by atoms with Crippen LogP contribution in [0.4, 0.5) is 5.69 Å². The van der Waals surface area contributed by atoms with Crippen LogP contribution in [0.25, 0.3) is 0 Å². The van der Waals surface area contributed by atoms with Crippen molar-refractivity contribution in [3.8, 4) is 5.75 Å². The normalized spacial score (nSPS) is 24.8. The van der Waals surface area contributed by atoms with Crippen molar-refractivity contribution in [2.45, 2.75) is 61.1 Å². The summed E-state index contributed by atoms with van der Waals surface area (Å²) >= 11 is 6.35. The maximum atomic E-state index is 13.8. The van der Waals surface area contributed by atoms with Crippen LogP contribution in [0.1, 0.15) is 38.2 Å². The smallest absolute Gasteiger partial charge is 0.238 e. The molecule has 1 aliphatic carbocycles. The first-order valence-electron chi connectivity index (χ1n) is 12.1. The number of hydrogen-bond donors (Lipinski definition) is 1. The number of nitrogens with zero attached hydrogens (tertiary/aromatic N) is 2. The Balaban J connectivity index is 1.25. The molecule has 0 aromatic heterocycles. The largest absolute Gasteiger partial charge is 0.492 e. The number of anilines is 1. The van der Waals surface area contributed by atoms with Gasteiger partial charge in [0.1, 0.15) is 12.4 Å². The number of aliphatic hydroxyl groups excluding tert-OH is 1. The lowest BCUT2D eigenvalue weighted by molar-refractivity contribution is -0.126. The molecule has 7 nitrogen and oxygen atoms in total. The highest BCUT2D eigenvalue weighted by Crippen LogP contribution is 2.51. The van der Waals surface area contributed by atoms with Gasteiger partial charge in [0, 0.05) is 29.0 Å². The van der Waals surface area contributed by atoms with E-state index in [9.17, 15) is 18.3 Å². The third kappa shape index (κ3) is 4.46. The van der Waals surface area contributed by atoms with Crippen molar-refractivity contribution in [3.63, 3.8) is 0 Å². The molecule has 0 radical (unpaired) electrons. The molecule has 9 heteroatoms. The molecular formula is C26H31ClN2O5S. The molecule has 1 atom stereocenters. The molecule has 2 aromatic rings. The van der Waals surface area contributed by atoms with Crippen molar-refractivity contribution >= 4 is 33.0 Å². The lowest BCUT2D eigenvalue weighted by atomic mass is 9.73. The molecule has 5 rings (SSSR count). The van der Waals surface area contributed by atoms with Crippen molar-refractivity contribution in [1.82, 2.24) is 4.90 Å². The highest BCUT2D eigenvalue weighted by atomic mass is 35.5. The van der Waals surface area contributed by atoms with Gasteiger partial charge in [-0.3, -0.25) is 9.69 Å². The highest BCUT2D eigenvalue weighted by Gasteiger charge is 2.55. The number of hydrogen-bond acceptors (Lipinski definition) is 6. The quantitative estimate of drug-likeness (QED) is 0.630. The number of fused-ring (bicyclic) bond motifs is 2. The zero-order valence-corrected chi connectivity index (χ0v) is 21.6. The van der Waals surface area contributed by atoms with Crippen molar-refractivity contribution in [3.05, 3.63) is 53.1 Å². The van der Waals surface area contributed by atoms with Crippen LogP contribution in [-0.4, -0.2) is 68.5 Å². The molecule has 3 aliphatic rings. The predicted molar refractivity (Wildman–Crippen MR) is 135 cm³/mol. The number of amides is 1. The second kappa shape index (κ2) is 9.07. The Morgan fingerprint density at radius 3 is 2.40 bits per heavy atom. The summed E-state index contributed by atoms with van der Waals surface area (Å²) in [5.41, 5.74) is 1.39. The molecule has 1 spiro atoms. The van der Waals surface area contributed by atoms with E-state index in [0.717, 1.165) is 24.3 Å². The Bertz CT molecular complexity index is 1220. The average Bonchev–Trinajstić information content (AvgIpc) is 3.03. The van der Waals surface area contributed by atoms with Crippen molar-refractivity contribution < 1.29 is 23.1 Å². The van der Waals surface area contributed by atoms with E-state index in [1.807, 2.05) is 23.1 Å². The van der Waals surface area contributed by atoms with Crippen LogP contribution in [0, 0.1) is 0 Å². The van der Waals surface area contributed by atoms with E-state index in [-0.39, 0.29) is 29.0 Å². The van der Waals surface area contributed by atoms with Gasteiger partial charge in [0.2, 0.25) is 5.91 Å². The Hall–Kier alpha value is -2.13. The lowest BCUT2D eigenvalue weighted by Gasteiger charge is -2.43. The van der Waals surface area contributed by atoms with Gasteiger partial charge in [-0.1, -0.05) is 11.6 Å². The number of likely N-dealkylation sites (tertiary alicyclic amines) is 1. The molecule has 188 valence electrons. The van der Waals surface area contributed by atoms with Crippen LogP contribution in [0.5, 0.6) is 5.75 Å². The van der Waals surface area contributed by atoms with E-state index in [1.165, 1.54) is 6.26 Å². The fourth-order valence-electron chi connectivity index (χ4n) is 5.62. The van der Waals surface area contributed by atoms with Crippen molar-refractivity contribution in [1.29, 1.82) is 0 Å². The van der Waals surface area contributed by atoms with E-state index < -0.39 is 15.3 Å². The second-order valence-electron chi connectivity index (χ2n) is 10.1. The van der Waals surface area contributed by atoms with Gasteiger partial charge in [-0.25, -0.2) is 8.42 Å². The first kappa shape index (κ1) is 24.6. The topological polar surface area (TPSA) is 87.2 Å². The summed E-state index contributed by atoms with van der Waals surface area (Å²) in [6.45, 7) is 4.09. The van der Waals surface area contributed by atoms with Gasteiger partial charge in [-0.05, 0) is 93.7 Å². The Morgan fingerprint density at radius 1 is 1.14 bits per heavy atom. The van der Waals surface area contributed by atoms with Crippen LogP contribution in [0.15, 0.2) is 47.4 Å². The minimum absolute atomic E-state index is 0.0521. The van der Waals surface area contributed by atoms with Crippen LogP contribution >= 0.6 is 11.6 Å². The summed E-state index contributed by atoms with van der Waals surface area (Å²) in [5.74, 6) is 0.770. The Kier molecular flexibility index (Phi) is 6.36. The summed E-state index contributed by atoms with van der Waals surface area (Å²) in [4.78, 5) is 18.3. The maximum Gasteiger partial charge on any atom is 0.238 e. The number of ether oxygens (including phenoxy) is 1. The van der Waals surface area contributed by atoms with Crippen molar-refractivity contribution in [2.75, 3.05) is 30.9 Å². The fourth-order valence-corrected chi connectivity index (χ4v) is 6.43. The van der Waals surface area contributed by atoms with E-state index in [2.05, 4.69) is 11.8 Å². The zero-order valence-electron chi connectivity index (χ0n) is 20.0. The van der Waals surface area contributed by atoms with Crippen LogP contribution in [-0.2, 0) is 20.0 Å². The number of carbonyl (C=O) groups excluding carboxylic acids is 1. The van der Waals surface area contributed by atoms with Gasteiger partial charge >= 0.3 is 0 Å². The molecule has 2 aromatic carbocycles. The molecule has 2 heterocycles. The zero-order chi connectivity index (χ0) is 25.0. The lowest BCUT2D eigenvalue weighted by Crippen LogP contribution is -2.55. The van der Waals surface area contributed by atoms with Gasteiger partial charge in [-0.15, -0.1) is 0 Å². The molecule has 1 saturated carbocycles. The average molecular weight is 519 g/mol. The van der Waals surface area contributed by atoms with Gasteiger partial charge in [-0.2, -0.15) is 0 Å². The monoisotopic (exact) mass is 518 g/mol. The summed E-state index contributed by atoms with van der Waals surface area (Å²) in [7, 11) is -3.23. The molecule has 1 amide bonds. The summed E-state index contributed by atoms with van der Waals surface area (Å²) in [6.07, 6.45) is 3.51. The molecule has 2 fully saturated rings. The van der Waals surface area contributed by atoms with Crippen molar-refractivity contribution in [2.24, 2.45) is 0 Å². The van der Waals surface area contributed by atoms with Crippen LogP contribution < -0.4 is 9.64 Å². The van der Waals surface area contributed by atoms with E-state index in [0.29, 0.717) is 43.1 Å². The Morgan fingerprint density at radius 2 is 1.80 bits per heavy atom. The molecule has 2 aliphatic heterocycles.